The van der Waals surface area contributed by atoms with Crippen molar-refractivity contribution in [3.05, 3.63) is 24.0 Å². The molecule has 2 aromatic rings. The Bertz CT molecular complexity index is 628. The van der Waals surface area contributed by atoms with Crippen LogP contribution in [0.15, 0.2) is 22.7 Å². The Kier molecular flexibility index (Phi) is 3.76. The van der Waals surface area contributed by atoms with Crippen molar-refractivity contribution in [3.63, 3.8) is 0 Å². The van der Waals surface area contributed by atoms with Crippen molar-refractivity contribution in [2.75, 3.05) is 39.6 Å². The molecule has 0 saturated carbocycles. The van der Waals surface area contributed by atoms with Gasteiger partial charge < -0.3 is 24.6 Å². The highest BCUT2D eigenvalue weighted by atomic mass is 16.5. The molecule has 112 valence electrons. The van der Waals surface area contributed by atoms with Gasteiger partial charge >= 0.3 is 0 Å². The van der Waals surface area contributed by atoms with Gasteiger partial charge in [0.05, 0.1) is 19.3 Å². The van der Waals surface area contributed by atoms with Gasteiger partial charge in [0.15, 0.2) is 0 Å². The molecular weight excluding hydrogens is 272 g/mol. The standard InChI is InChI=1S/C14H18N4O3/c1-18-5-6-20-12(8-18)13-16-14(21-17-13)10-4-3-9(19-2)7-11(10)15/h3-4,7,12H,5-6,8,15H2,1-2H3. The monoisotopic (exact) mass is 290 g/mol. The highest BCUT2D eigenvalue weighted by Gasteiger charge is 2.25. The zero-order chi connectivity index (χ0) is 14.8. The van der Waals surface area contributed by atoms with E-state index in [1.165, 1.54) is 0 Å². The van der Waals surface area contributed by atoms with Gasteiger partial charge in [-0.15, -0.1) is 0 Å². The fourth-order valence-corrected chi connectivity index (χ4v) is 2.27. The van der Waals surface area contributed by atoms with E-state index in [-0.39, 0.29) is 6.10 Å². The van der Waals surface area contributed by atoms with Gasteiger partial charge in [-0.1, -0.05) is 5.16 Å². The summed E-state index contributed by atoms with van der Waals surface area (Å²) in [6.07, 6.45) is -0.166. The van der Waals surface area contributed by atoms with Crippen molar-refractivity contribution in [2.24, 2.45) is 0 Å². The van der Waals surface area contributed by atoms with Crippen molar-refractivity contribution in [2.45, 2.75) is 6.10 Å². The van der Waals surface area contributed by atoms with Gasteiger partial charge in [0.1, 0.15) is 11.9 Å². The lowest BCUT2D eigenvalue weighted by molar-refractivity contribution is -0.0264. The molecule has 0 aliphatic carbocycles. The smallest absolute Gasteiger partial charge is 0.260 e. The number of nitrogens with zero attached hydrogens (tertiary/aromatic N) is 3. The Morgan fingerprint density at radius 3 is 3.00 bits per heavy atom. The molecule has 7 nitrogen and oxygen atoms in total. The molecule has 1 aromatic heterocycles. The van der Waals surface area contributed by atoms with Crippen LogP contribution < -0.4 is 10.5 Å². The second-order valence-corrected chi connectivity index (χ2v) is 5.03. The lowest BCUT2D eigenvalue weighted by Gasteiger charge is -2.27. The number of hydrogen-bond donors (Lipinski definition) is 1. The van der Waals surface area contributed by atoms with Crippen LogP contribution in [0.4, 0.5) is 5.69 Å². The van der Waals surface area contributed by atoms with Crippen LogP contribution in [0.3, 0.4) is 0 Å². The van der Waals surface area contributed by atoms with Gasteiger partial charge in [0, 0.05) is 24.8 Å². The number of likely N-dealkylation sites (N-methyl/N-ethyl adjacent to an activating group) is 1. The summed E-state index contributed by atoms with van der Waals surface area (Å²) < 4.78 is 16.1. The van der Waals surface area contributed by atoms with E-state index >= 15 is 0 Å². The van der Waals surface area contributed by atoms with Crippen LogP contribution in [-0.2, 0) is 4.74 Å². The maximum absolute atomic E-state index is 5.99. The Morgan fingerprint density at radius 1 is 1.43 bits per heavy atom. The van der Waals surface area contributed by atoms with Crippen molar-refractivity contribution < 1.29 is 14.0 Å². The van der Waals surface area contributed by atoms with Crippen LogP contribution in [0, 0.1) is 0 Å². The molecule has 0 bridgehead atoms. The van der Waals surface area contributed by atoms with E-state index < -0.39 is 0 Å². The highest BCUT2D eigenvalue weighted by molar-refractivity contribution is 5.71. The first kappa shape index (κ1) is 13.8. The number of nitrogen functional groups attached to an aromatic ring is 1. The Labute approximate surface area is 122 Å². The summed E-state index contributed by atoms with van der Waals surface area (Å²) in [5.74, 6) is 1.63. The normalized spacial score (nSPS) is 19.6. The Hall–Kier alpha value is -2.12. The molecule has 0 amide bonds. The number of morpholine rings is 1. The molecule has 0 spiro atoms. The van der Waals surface area contributed by atoms with Crippen LogP contribution >= 0.6 is 0 Å². The van der Waals surface area contributed by atoms with Crippen LogP contribution in [0.2, 0.25) is 0 Å². The van der Waals surface area contributed by atoms with Gasteiger partial charge in [-0.2, -0.15) is 4.98 Å². The van der Waals surface area contributed by atoms with Gasteiger partial charge in [-0.3, -0.25) is 0 Å². The largest absolute Gasteiger partial charge is 0.497 e. The molecular formula is C14H18N4O3. The molecule has 1 aromatic carbocycles. The van der Waals surface area contributed by atoms with E-state index in [2.05, 4.69) is 15.0 Å². The van der Waals surface area contributed by atoms with Crippen LogP contribution in [0.5, 0.6) is 5.75 Å². The second-order valence-electron chi connectivity index (χ2n) is 5.03. The molecule has 2 N–H and O–H groups in total. The molecule has 7 heteroatoms. The number of benzene rings is 1. The number of hydrogen-bond acceptors (Lipinski definition) is 7. The van der Waals surface area contributed by atoms with E-state index in [0.717, 1.165) is 13.1 Å². The first-order valence-corrected chi connectivity index (χ1v) is 6.75. The zero-order valence-electron chi connectivity index (χ0n) is 12.1. The summed E-state index contributed by atoms with van der Waals surface area (Å²) in [7, 11) is 3.63. The topological polar surface area (TPSA) is 86.6 Å². The Balaban J connectivity index is 1.84. The number of methoxy groups -OCH3 is 1. The molecule has 2 heterocycles. The number of aromatic nitrogens is 2. The summed E-state index contributed by atoms with van der Waals surface area (Å²) in [5.41, 5.74) is 7.22. The van der Waals surface area contributed by atoms with Gasteiger partial charge in [-0.05, 0) is 19.2 Å². The summed E-state index contributed by atoms with van der Waals surface area (Å²) >= 11 is 0. The van der Waals surface area contributed by atoms with Crippen LogP contribution in [0.25, 0.3) is 11.5 Å². The third kappa shape index (κ3) is 2.84. The molecule has 1 fully saturated rings. The number of anilines is 1. The number of nitrogens with two attached hydrogens (primary N) is 1. The molecule has 1 aliphatic rings. The lowest BCUT2D eigenvalue weighted by Crippen LogP contribution is -2.35. The minimum absolute atomic E-state index is 0.166. The number of ether oxygens (including phenoxy) is 2. The minimum Gasteiger partial charge on any atom is -0.497 e. The maximum Gasteiger partial charge on any atom is 0.260 e. The van der Waals surface area contributed by atoms with Crippen molar-refractivity contribution in [3.8, 4) is 17.2 Å². The van der Waals surface area contributed by atoms with E-state index in [1.807, 2.05) is 7.05 Å². The molecule has 0 radical (unpaired) electrons. The quantitative estimate of drug-likeness (QED) is 0.853. The average Bonchev–Trinajstić information content (AvgIpc) is 2.96. The first-order chi connectivity index (χ1) is 10.2. The molecule has 1 unspecified atom stereocenters. The average molecular weight is 290 g/mol. The minimum atomic E-state index is -0.166. The summed E-state index contributed by atoms with van der Waals surface area (Å²) in [4.78, 5) is 6.58. The summed E-state index contributed by atoms with van der Waals surface area (Å²) in [6.45, 7) is 2.32. The lowest BCUT2D eigenvalue weighted by atomic mass is 10.1. The van der Waals surface area contributed by atoms with Crippen molar-refractivity contribution in [1.82, 2.24) is 15.0 Å². The van der Waals surface area contributed by atoms with E-state index in [0.29, 0.717) is 35.3 Å². The van der Waals surface area contributed by atoms with E-state index in [4.69, 9.17) is 19.7 Å². The zero-order valence-corrected chi connectivity index (χ0v) is 12.1. The predicted octanol–water partition coefficient (Wildman–Crippen LogP) is 1.33. The Morgan fingerprint density at radius 2 is 2.29 bits per heavy atom. The first-order valence-electron chi connectivity index (χ1n) is 6.75. The molecule has 1 aliphatic heterocycles. The van der Waals surface area contributed by atoms with Crippen molar-refractivity contribution in [1.29, 1.82) is 0 Å². The molecule has 1 saturated heterocycles. The predicted molar refractivity (Wildman–Crippen MR) is 76.9 cm³/mol. The van der Waals surface area contributed by atoms with Crippen LogP contribution in [0.1, 0.15) is 11.9 Å². The third-order valence-corrected chi connectivity index (χ3v) is 3.49. The van der Waals surface area contributed by atoms with Crippen molar-refractivity contribution >= 4 is 5.69 Å². The van der Waals surface area contributed by atoms with E-state index in [1.54, 1.807) is 25.3 Å². The second kappa shape index (κ2) is 5.71. The molecule has 21 heavy (non-hydrogen) atoms. The summed E-state index contributed by atoms with van der Waals surface area (Å²) in [5, 5.41) is 4.01. The number of rotatable bonds is 3. The fourth-order valence-electron chi connectivity index (χ4n) is 2.27. The molecule has 1 atom stereocenters. The maximum atomic E-state index is 5.99. The fraction of sp³-hybridized carbons (Fsp3) is 0.429. The third-order valence-electron chi connectivity index (χ3n) is 3.49. The molecule has 3 rings (SSSR count). The van der Waals surface area contributed by atoms with E-state index in [9.17, 15) is 0 Å². The SMILES string of the molecule is COc1ccc(-c2nc(C3CN(C)CCO3)no2)c(N)c1. The van der Waals surface area contributed by atoms with Gasteiger partial charge in [0.2, 0.25) is 5.82 Å². The summed E-state index contributed by atoms with van der Waals surface area (Å²) in [6, 6.07) is 5.34. The highest BCUT2D eigenvalue weighted by Crippen LogP contribution is 2.29. The van der Waals surface area contributed by atoms with Crippen LogP contribution in [-0.4, -0.2) is 48.9 Å². The van der Waals surface area contributed by atoms with Gasteiger partial charge in [0.25, 0.3) is 5.89 Å². The van der Waals surface area contributed by atoms with Gasteiger partial charge in [-0.25, -0.2) is 0 Å².